The van der Waals surface area contributed by atoms with Crippen molar-refractivity contribution in [2.24, 2.45) is 0 Å². The van der Waals surface area contributed by atoms with Crippen molar-refractivity contribution in [3.8, 4) is 17.6 Å². The second kappa shape index (κ2) is 14.2. The van der Waals surface area contributed by atoms with Gasteiger partial charge in [-0.25, -0.2) is 0 Å². The number of anilines is 1. The summed E-state index contributed by atoms with van der Waals surface area (Å²) in [6.07, 6.45) is 4.16. The molecule has 1 aromatic carbocycles. The number of aromatic nitrogens is 1. The number of nitriles is 1. The Kier molecular flexibility index (Phi) is 10.7. The van der Waals surface area contributed by atoms with Crippen molar-refractivity contribution in [1.29, 1.82) is 5.26 Å². The number of thioether (sulfide) groups is 1. The minimum atomic E-state index is -0.268. The Morgan fingerprint density at radius 1 is 1.07 bits per heavy atom. The van der Waals surface area contributed by atoms with Gasteiger partial charge in [-0.3, -0.25) is 19.1 Å². The van der Waals surface area contributed by atoms with Gasteiger partial charge in [-0.2, -0.15) is 5.26 Å². The number of benzene rings is 1. The lowest BCUT2D eigenvalue weighted by Gasteiger charge is -2.37. The largest absolute Gasteiger partial charge is 0.493 e. The standard InChI is InChI=1S/C31H39N5O4S2/c1-6-8-12-35-28(34-16-14-33(7-2)15-17-34)23(21(3)24(20-32)29(35)37)19-27-30(38)36(31(41)42-27)13-11-22-9-10-25(39-4)26(18-22)40-5/h9-10,18-19H,6-8,11-17H2,1-5H3/b27-19-. The third-order valence-electron chi connectivity index (χ3n) is 7.92. The van der Waals surface area contributed by atoms with Gasteiger partial charge in [-0.05, 0) is 55.6 Å². The Labute approximate surface area is 257 Å². The van der Waals surface area contributed by atoms with Gasteiger partial charge in [0, 0.05) is 44.8 Å². The number of rotatable bonds is 11. The average molecular weight is 610 g/mol. The van der Waals surface area contributed by atoms with Crippen molar-refractivity contribution in [1.82, 2.24) is 14.4 Å². The van der Waals surface area contributed by atoms with E-state index >= 15 is 0 Å². The lowest BCUT2D eigenvalue weighted by Crippen LogP contribution is -2.48. The van der Waals surface area contributed by atoms with E-state index in [-0.39, 0.29) is 17.0 Å². The summed E-state index contributed by atoms with van der Waals surface area (Å²) in [6.45, 7) is 11.2. The van der Waals surface area contributed by atoms with Crippen LogP contribution in [-0.2, 0) is 17.8 Å². The van der Waals surface area contributed by atoms with E-state index < -0.39 is 0 Å². The maximum atomic E-state index is 13.7. The number of methoxy groups -OCH3 is 2. The Hall–Kier alpha value is -3.33. The van der Waals surface area contributed by atoms with Gasteiger partial charge < -0.3 is 19.3 Å². The molecule has 9 nitrogen and oxygen atoms in total. The molecule has 42 heavy (non-hydrogen) atoms. The van der Waals surface area contributed by atoms with E-state index in [2.05, 4.69) is 29.7 Å². The summed E-state index contributed by atoms with van der Waals surface area (Å²) < 4.78 is 13.0. The highest BCUT2D eigenvalue weighted by Crippen LogP contribution is 2.36. The van der Waals surface area contributed by atoms with Gasteiger partial charge >= 0.3 is 0 Å². The molecule has 0 N–H and O–H groups in total. The molecule has 1 aromatic heterocycles. The van der Waals surface area contributed by atoms with Crippen LogP contribution in [0.2, 0.25) is 0 Å². The number of hydrogen-bond acceptors (Lipinski definition) is 9. The van der Waals surface area contributed by atoms with Crippen LogP contribution in [-0.4, -0.2) is 78.1 Å². The summed E-state index contributed by atoms with van der Waals surface area (Å²) in [7, 11) is 3.19. The second-order valence-electron chi connectivity index (χ2n) is 10.4. The van der Waals surface area contributed by atoms with E-state index in [0.29, 0.717) is 45.8 Å². The quantitative estimate of drug-likeness (QED) is 0.271. The van der Waals surface area contributed by atoms with Crippen LogP contribution < -0.4 is 19.9 Å². The Balaban J connectivity index is 1.70. The Morgan fingerprint density at radius 3 is 2.40 bits per heavy atom. The maximum Gasteiger partial charge on any atom is 0.270 e. The fourth-order valence-electron chi connectivity index (χ4n) is 5.39. The zero-order chi connectivity index (χ0) is 30.4. The highest BCUT2D eigenvalue weighted by molar-refractivity contribution is 8.26. The number of amides is 1. The predicted octanol–water partition coefficient (Wildman–Crippen LogP) is 4.43. The van der Waals surface area contributed by atoms with Crippen molar-refractivity contribution >= 4 is 46.1 Å². The van der Waals surface area contributed by atoms with Crippen LogP contribution in [0.1, 0.15) is 48.9 Å². The Bertz CT molecular complexity index is 1470. The molecular formula is C31H39N5O4S2. The molecule has 224 valence electrons. The van der Waals surface area contributed by atoms with Crippen molar-refractivity contribution in [2.45, 2.75) is 46.6 Å². The molecule has 1 amide bonds. The number of piperazine rings is 1. The molecule has 2 fully saturated rings. The van der Waals surface area contributed by atoms with E-state index in [4.69, 9.17) is 21.7 Å². The van der Waals surface area contributed by atoms with Crippen LogP contribution in [0.25, 0.3) is 6.08 Å². The molecular weight excluding hydrogens is 571 g/mol. The molecule has 0 radical (unpaired) electrons. The minimum absolute atomic E-state index is 0.122. The van der Waals surface area contributed by atoms with Gasteiger partial charge in [0.05, 0.1) is 19.1 Å². The van der Waals surface area contributed by atoms with Crippen LogP contribution >= 0.6 is 24.0 Å². The first-order chi connectivity index (χ1) is 20.3. The zero-order valence-electron chi connectivity index (χ0n) is 25.1. The number of thiocarbonyl (C=S) groups is 1. The molecule has 3 heterocycles. The summed E-state index contributed by atoms with van der Waals surface area (Å²) in [5.41, 5.74) is 2.19. The average Bonchev–Trinajstić information content (AvgIpc) is 3.27. The first-order valence-electron chi connectivity index (χ1n) is 14.4. The molecule has 0 spiro atoms. The molecule has 0 unspecified atom stereocenters. The predicted molar refractivity (Wildman–Crippen MR) is 173 cm³/mol. The normalized spacial score (nSPS) is 16.8. The Morgan fingerprint density at radius 2 is 1.79 bits per heavy atom. The van der Waals surface area contributed by atoms with Crippen LogP contribution in [0.15, 0.2) is 27.9 Å². The third kappa shape index (κ3) is 6.51. The van der Waals surface area contributed by atoms with Crippen LogP contribution in [0.3, 0.4) is 0 Å². The number of pyridine rings is 1. The summed E-state index contributed by atoms with van der Waals surface area (Å²) >= 11 is 6.91. The van der Waals surface area contributed by atoms with Crippen LogP contribution in [0.4, 0.5) is 5.82 Å². The highest BCUT2D eigenvalue weighted by Gasteiger charge is 2.33. The lowest BCUT2D eigenvalue weighted by molar-refractivity contribution is -0.122. The zero-order valence-corrected chi connectivity index (χ0v) is 26.7. The molecule has 2 aromatic rings. The number of carbonyl (C=O) groups excluding carboxylic acids is 1. The van der Waals surface area contributed by atoms with Crippen molar-refractivity contribution in [2.75, 3.05) is 58.4 Å². The monoisotopic (exact) mass is 609 g/mol. The number of likely N-dealkylation sites (N-methyl/N-ethyl adjacent to an activating group) is 1. The first kappa shape index (κ1) is 31.6. The topological polar surface area (TPSA) is 91.0 Å². The van der Waals surface area contributed by atoms with Crippen molar-refractivity contribution in [3.63, 3.8) is 0 Å². The third-order valence-corrected chi connectivity index (χ3v) is 9.30. The number of hydrogen-bond donors (Lipinski definition) is 0. The fraction of sp³-hybridized carbons (Fsp3) is 0.484. The van der Waals surface area contributed by atoms with Crippen molar-refractivity contribution in [3.05, 3.63) is 55.7 Å². The molecule has 0 saturated carbocycles. The minimum Gasteiger partial charge on any atom is -0.493 e. The number of carbonyl (C=O) groups is 1. The number of unbranched alkanes of at least 4 members (excludes halogenated alkanes) is 1. The van der Waals surface area contributed by atoms with Gasteiger partial charge in [-0.15, -0.1) is 0 Å². The second-order valence-corrected chi connectivity index (χ2v) is 12.0. The summed E-state index contributed by atoms with van der Waals surface area (Å²) in [6, 6.07) is 7.85. The van der Waals surface area contributed by atoms with Crippen LogP contribution in [0, 0.1) is 18.3 Å². The van der Waals surface area contributed by atoms with Gasteiger partial charge in [0.2, 0.25) is 0 Å². The SMILES string of the molecule is CCCCn1c(N2CCN(CC)CC2)c(/C=C2\SC(=S)N(CCc3ccc(OC)c(OC)c3)C2=O)c(C)c(C#N)c1=O. The molecule has 0 bridgehead atoms. The molecule has 2 aliphatic heterocycles. The van der Waals surface area contributed by atoms with Gasteiger partial charge in [0.1, 0.15) is 21.8 Å². The van der Waals surface area contributed by atoms with E-state index in [1.54, 1.807) is 30.6 Å². The molecule has 0 atom stereocenters. The molecule has 2 saturated heterocycles. The first-order valence-corrected chi connectivity index (χ1v) is 15.6. The number of ether oxygens (including phenoxy) is 2. The van der Waals surface area contributed by atoms with E-state index in [0.717, 1.165) is 62.5 Å². The maximum absolute atomic E-state index is 13.7. The highest BCUT2D eigenvalue weighted by atomic mass is 32.2. The lowest BCUT2D eigenvalue weighted by atomic mass is 10.0. The number of nitrogens with zero attached hydrogens (tertiary/aromatic N) is 5. The van der Waals surface area contributed by atoms with E-state index in [1.165, 1.54) is 11.8 Å². The summed E-state index contributed by atoms with van der Waals surface area (Å²) in [4.78, 5) is 33.9. The molecule has 4 rings (SSSR count). The summed E-state index contributed by atoms with van der Waals surface area (Å²) in [5, 5.41) is 9.96. The molecule has 11 heteroatoms. The van der Waals surface area contributed by atoms with E-state index in [1.807, 2.05) is 24.3 Å². The van der Waals surface area contributed by atoms with Crippen LogP contribution in [0.5, 0.6) is 11.5 Å². The molecule has 2 aliphatic rings. The summed E-state index contributed by atoms with van der Waals surface area (Å²) in [5.74, 6) is 1.90. The van der Waals surface area contributed by atoms with Crippen molar-refractivity contribution < 1.29 is 14.3 Å². The van der Waals surface area contributed by atoms with E-state index in [9.17, 15) is 14.9 Å². The van der Waals surface area contributed by atoms with Gasteiger partial charge in [0.25, 0.3) is 11.5 Å². The van der Waals surface area contributed by atoms with Gasteiger partial charge in [0.15, 0.2) is 11.5 Å². The molecule has 0 aliphatic carbocycles. The van der Waals surface area contributed by atoms with Gasteiger partial charge in [-0.1, -0.05) is 50.3 Å². The smallest absolute Gasteiger partial charge is 0.270 e. The fourth-order valence-corrected chi connectivity index (χ4v) is 6.68.